The average molecular weight is 889 g/mol. The number of carbonyl (C=O) groups is 2. The van der Waals surface area contributed by atoms with Crippen molar-refractivity contribution in [1.29, 1.82) is 0 Å². The maximum atomic E-state index is 14.7. The SMILES string of the molecule is COC(=O)CCc1ccnc(OCc2ccc(-c3cc(OC)ccc3F)c(C(C)(C)C)c2)c1.COc1ccc(F)c(-c2ccc(COc3cc(CCC(=O)O)ccn3)cc2C(C)(C)C)c1. The molecule has 0 atom stereocenters. The van der Waals surface area contributed by atoms with Crippen LogP contribution in [0.2, 0.25) is 0 Å². The van der Waals surface area contributed by atoms with Crippen molar-refractivity contribution in [3.63, 3.8) is 0 Å². The van der Waals surface area contributed by atoms with Gasteiger partial charge in [0, 0.05) is 48.5 Å². The van der Waals surface area contributed by atoms with Crippen LogP contribution in [0.4, 0.5) is 8.78 Å². The van der Waals surface area contributed by atoms with Crippen molar-refractivity contribution in [1.82, 2.24) is 9.97 Å². The van der Waals surface area contributed by atoms with E-state index in [1.165, 1.54) is 19.2 Å². The molecule has 0 fully saturated rings. The molecular weight excluding hydrogens is 831 g/mol. The van der Waals surface area contributed by atoms with Gasteiger partial charge >= 0.3 is 11.9 Å². The van der Waals surface area contributed by atoms with Gasteiger partial charge in [-0.2, -0.15) is 0 Å². The van der Waals surface area contributed by atoms with E-state index in [2.05, 4.69) is 57.6 Å². The lowest BCUT2D eigenvalue weighted by atomic mass is 9.81. The molecule has 0 amide bonds. The van der Waals surface area contributed by atoms with Crippen molar-refractivity contribution in [3.05, 3.63) is 154 Å². The second-order valence-corrected chi connectivity index (χ2v) is 17.5. The number of hydrogen-bond acceptors (Lipinski definition) is 9. The third-order valence-corrected chi connectivity index (χ3v) is 10.6. The van der Waals surface area contributed by atoms with Gasteiger partial charge in [-0.3, -0.25) is 9.59 Å². The number of ether oxygens (including phenoxy) is 5. The lowest BCUT2D eigenvalue weighted by Gasteiger charge is -2.24. The fourth-order valence-electron chi connectivity index (χ4n) is 7.03. The van der Waals surface area contributed by atoms with Crippen LogP contribution in [-0.4, -0.2) is 48.3 Å². The van der Waals surface area contributed by atoms with Crippen molar-refractivity contribution in [2.24, 2.45) is 0 Å². The molecule has 1 N–H and O–H groups in total. The Kier molecular flexibility index (Phi) is 16.8. The van der Waals surface area contributed by atoms with E-state index in [1.54, 1.807) is 63.0 Å². The number of carbonyl (C=O) groups excluding carboxylic acids is 1. The number of aromatic nitrogens is 2. The molecule has 0 aliphatic heterocycles. The molecular formula is C53H58F2N2O8. The maximum Gasteiger partial charge on any atom is 0.305 e. The first-order chi connectivity index (χ1) is 30.9. The number of hydrogen-bond donors (Lipinski definition) is 1. The zero-order valence-electron chi connectivity index (χ0n) is 38.6. The molecule has 4 aromatic carbocycles. The van der Waals surface area contributed by atoms with Crippen LogP contribution in [0.1, 0.15) is 87.8 Å². The molecule has 0 saturated carbocycles. The van der Waals surface area contributed by atoms with Gasteiger partial charge < -0.3 is 28.8 Å². The van der Waals surface area contributed by atoms with E-state index in [1.807, 2.05) is 42.5 Å². The van der Waals surface area contributed by atoms with Crippen molar-refractivity contribution < 1.29 is 47.2 Å². The van der Waals surface area contributed by atoms with E-state index < -0.39 is 5.97 Å². The number of carboxylic acid groups (broad SMARTS) is 1. The highest BCUT2D eigenvalue weighted by Gasteiger charge is 2.23. The number of carboxylic acids is 1. The number of methoxy groups -OCH3 is 3. The Morgan fingerprint density at radius 1 is 0.538 bits per heavy atom. The number of esters is 1. The predicted molar refractivity (Wildman–Crippen MR) is 248 cm³/mol. The summed E-state index contributed by atoms with van der Waals surface area (Å²) in [6.07, 6.45) is 4.61. The molecule has 0 unspecified atom stereocenters. The average Bonchev–Trinajstić information content (AvgIpc) is 3.29. The van der Waals surface area contributed by atoms with Gasteiger partial charge in [-0.05, 0) is 117 Å². The molecule has 2 heterocycles. The van der Waals surface area contributed by atoms with E-state index in [0.717, 1.165) is 44.5 Å². The zero-order chi connectivity index (χ0) is 47.3. The van der Waals surface area contributed by atoms with Gasteiger partial charge in [-0.25, -0.2) is 18.7 Å². The molecule has 0 aliphatic carbocycles. The highest BCUT2D eigenvalue weighted by molar-refractivity contribution is 5.73. The molecule has 2 aromatic heterocycles. The highest BCUT2D eigenvalue weighted by atomic mass is 19.1. The molecule has 10 nitrogen and oxygen atoms in total. The first-order valence-corrected chi connectivity index (χ1v) is 21.3. The van der Waals surface area contributed by atoms with E-state index in [9.17, 15) is 18.4 Å². The van der Waals surface area contributed by atoms with E-state index >= 15 is 0 Å². The summed E-state index contributed by atoms with van der Waals surface area (Å²) in [7, 11) is 4.51. The first kappa shape index (κ1) is 49.2. The molecule has 65 heavy (non-hydrogen) atoms. The predicted octanol–water partition coefficient (Wildman–Crippen LogP) is 11.7. The van der Waals surface area contributed by atoms with E-state index in [0.29, 0.717) is 66.9 Å². The Morgan fingerprint density at radius 2 is 0.969 bits per heavy atom. The number of benzene rings is 4. The van der Waals surface area contributed by atoms with Crippen LogP contribution in [0, 0.1) is 11.6 Å². The second-order valence-electron chi connectivity index (χ2n) is 17.5. The third kappa shape index (κ3) is 14.1. The first-order valence-electron chi connectivity index (χ1n) is 21.3. The van der Waals surface area contributed by atoms with Crippen LogP contribution >= 0.6 is 0 Å². The monoisotopic (exact) mass is 888 g/mol. The fraction of sp³-hybridized carbons (Fsp3) is 0.321. The van der Waals surface area contributed by atoms with Gasteiger partial charge in [0.25, 0.3) is 0 Å². The summed E-state index contributed by atoms with van der Waals surface area (Å²) in [5.41, 5.74) is 7.89. The molecule has 0 bridgehead atoms. The molecule has 0 spiro atoms. The van der Waals surface area contributed by atoms with Crippen LogP contribution < -0.4 is 18.9 Å². The minimum absolute atomic E-state index is 0.0562. The Bertz CT molecular complexity index is 2580. The van der Waals surface area contributed by atoms with Crippen molar-refractivity contribution in [3.8, 4) is 45.5 Å². The van der Waals surface area contributed by atoms with Crippen LogP contribution in [0.25, 0.3) is 22.3 Å². The highest BCUT2D eigenvalue weighted by Crippen LogP contribution is 2.38. The lowest BCUT2D eigenvalue weighted by molar-refractivity contribution is -0.140. The third-order valence-electron chi connectivity index (χ3n) is 10.6. The molecule has 342 valence electrons. The molecule has 6 rings (SSSR count). The van der Waals surface area contributed by atoms with Crippen LogP contribution in [0.3, 0.4) is 0 Å². The summed E-state index contributed by atoms with van der Waals surface area (Å²) in [5, 5.41) is 8.86. The maximum absolute atomic E-state index is 14.7. The smallest absolute Gasteiger partial charge is 0.305 e. The number of pyridine rings is 2. The number of nitrogens with zero attached hydrogens (tertiary/aromatic N) is 2. The van der Waals surface area contributed by atoms with E-state index in [4.69, 9.17) is 28.8 Å². The summed E-state index contributed by atoms with van der Waals surface area (Å²) in [5.74, 6) is 0.439. The van der Waals surface area contributed by atoms with Crippen molar-refractivity contribution in [2.45, 2.75) is 91.3 Å². The Hall–Kier alpha value is -6.82. The summed E-state index contributed by atoms with van der Waals surface area (Å²) in [4.78, 5) is 30.7. The number of aliphatic carboxylic acids is 1. The summed E-state index contributed by atoms with van der Waals surface area (Å²) in [6.45, 7) is 13.2. The van der Waals surface area contributed by atoms with E-state index in [-0.39, 0.29) is 34.9 Å². The van der Waals surface area contributed by atoms with Gasteiger partial charge in [0.2, 0.25) is 11.8 Å². The summed E-state index contributed by atoms with van der Waals surface area (Å²) < 4.78 is 56.4. The molecule has 6 aromatic rings. The van der Waals surface area contributed by atoms with Gasteiger partial charge in [-0.1, -0.05) is 77.9 Å². The van der Waals surface area contributed by atoms with Crippen LogP contribution in [0.15, 0.2) is 109 Å². The second kappa shape index (κ2) is 22.2. The summed E-state index contributed by atoms with van der Waals surface area (Å²) in [6, 6.07) is 28.5. The number of halogens is 2. The Labute approximate surface area is 380 Å². The van der Waals surface area contributed by atoms with Crippen molar-refractivity contribution in [2.75, 3.05) is 21.3 Å². The number of aryl methyl sites for hydroxylation is 2. The zero-order valence-corrected chi connectivity index (χ0v) is 38.6. The molecule has 0 saturated heterocycles. The Morgan fingerprint density at radius 3 is 1.35 bits per heavy atom. The van der Waals surface area contributed by atoms with Gasteiger partial charge in [0.1, 0.15) is 36.3 Å². The van der Waals surface area contributed by atoms with Gasteiger partial charge in [0.05, 0.1) is 21.3 Å². The molecule has 12 heteroatoms. The topological polar surface area (TPSA) is 126 Å². The fourth-order valence-corrected chi connectivity index (χ4v) is 7.03. The van der Waals surface area contributed by atoms with Gasteiger partial charge in [0.15, 0.2) is 0 Å². The summed E-state index contributed by atoms with van der Waals surface area (Å²) >= 11 is 0. The minimum Gasteiger partial charge on any atom is -0.497 e. The molecule has 0 radical (unpaired) electrons. The largest absolute Gasteiger partial charge is 0.497 e. The quantitative estimate of drug-likeness (QED) is 0.0939. The molecule has 0 aliphatic rings. The lowest BCUT2D eigenvalue weighted by Crippen LogP contribution is -2.14. The van der Waals surface area contributed by atoms with Crippen LogP contribution in [0.5, 0.6) is 23.3 Å². The van der Waals surface area contributed by atoms with Gasteiger partial charge in [-0.15, -0.1) is 0 Å². The number of rotatable bonds is 16. The van der Waals surface area contributed by atoms with Crippen molar-refractivity contribution >= 4 is 11.9 Å². The van der Waals surface area contributed by atoms with Crippen LogP contribution in [-0.2, 0) is 51.2 Å². The standard InChI is InChI=1S/C27H30FNO4.C26H28FNO4/c1-27(2,3)23-14-19(6-9-21(23)22-16-20(31-4)8-10-24(22)28)17-33-25-15-18(12-13-29-25)7-11-26(30)32-5;1-26(2,3)22-13-18(5-8-20(22)21-15-19(31-4)7-9-23(21)27)16-32-24-14-17(11-12-28-24)6-10-25(29)30/h6,8-10,12-16H,7,11,17H2,1-5H3;5,7-9,11-15H,6,10,16H2,1-4H3,(H,29,30). The normalized spacial score (nSPS) is 11.2. The Balaban J connectivity index is 0.000000244. The minimum atomic E-state index is -0.841.